The number of carbonyl (C=O) groups is 2. The zero-order valence-electron chi connectivity index (χ0n) is 13.9. The minimum Gasteiger partial charge on any atom is -0.493 e. The number of nitrogens with one attached hydrogen (secondary N) is 1. The Morgan fingerprint density at radius 3 is 2.09 bits per heavy atom. The molecule has 0 bridgehead atoms. The molecule has 0 unspecified atom stereocenters. The van der Waals surface area contributed by atoms with Crippen LogP contribution < -0.4 is 14.8 Å². The van der Waals surface area contributed by atoms with E-state index < -0.39 is 17.7 Å². The van der Waals surface area contributed by atoms with E-state index in [4.69, 9.17) is 19.3 Å². The Balaban J connectivity index is 3.29. The Morgan fingerprint density at radius 1 is 1.13 bits per heavy atom. The summed E-state index contributed by atoms with van der Waals surface area (Å²) >= 11 is 0. The standard InChI is InChI=1S/C16H21NO6/c1-9(14(18)19)10-7-12(21-5)13(22-6)8-11(10)17-15(20)23-16(2,3)4/h7-8H,1H2,2-6H3,(H,17,20)(H,18,19). The fourth-order valence-corrected chi connectivity index (χ4v) is 1.76. The van der Waals surface area contributed by atoms with E-state index in [1.807, 2.05) is 0 Å². The fraction of sp³-hybridized carbons (Fsp3) is 0.375. The molecule has 1 aromatic carbocycles. The van der Waals surface area contributed by atoms with Gasteiger partial charge in [0.05, 0.1) is 25.5 Å². The van der Waals surface area contributed by atoms with Crippen molar-refractivity contribution in [2.45, 2.75) is 26.4 Å². The number of aliphatic carboxylic acids is 1. The van der Waals surface area contributed by atoms with Crippen molar-refractivity contribution in [3.05, 3.63) is 24.3 Å². The van der Waals surface area contributed by atoms with Crippen molar-refractivity contribution < 1.29 is 28.9 Å². The second-order valence-corrected chi connectivity index (χ2v) is 5.66. The molecule has 126 valence electrons. The lowest BCUT2D eigenvalue weighted by Gasteiger charge is -2.21. The number of rotatable bonds is 5. The van der Waals surface area contributed by atoms with Crippen molar-refractivity contribution in [3.8, 4) is 11.5 Å². The van der Waals surface area contributed by atoms with Gasteiger partial charge in [-0.2, -0.15) is 0 Å². The molecule has 23 heavy (non-hydrogen) atoms. The summed E-state index contributed by atoms with van der Waals surface area (Å²) in [5.74, 6) is -0.565. The molecule has 0 saturated carbocycles. The molecule has 0 aromatic heterocycles. The number of carboxylic acids is 1. The van der Waals surface area contributed by atoms with Crippen LogP contribution in [0.2, 0.25) is 0 Å². The van der Waals surface area contributed by atoms with Gasteiger partial charge in [0.1, 0.15) is 5.60 Å². The van der Waals surface area contributed by atoms with Crippen molar-refractivity contribution >= 4 is 23.3 Å². The van der Waals surface area contributed by atoms with Gasteiger partial charge in [-0.05, 0) is 26.8 Å². The molecule has 0 aliphatic heterocycles. The van der Waals surface area contributed by atoms with Crippen LogP contribution in [0.15, 0.2) is 18.7 Å². The number of carboxylic acid groups (broad SMARTS) is 1. The maximum Gasteiger partial charge on any atom is 0.412 e. The highest BCUT2D eigenvalue weighted by atomic mass is 16.6. The van der Waals surface area contributed by atoms with E-state index >= 15 is 0 Å². The summed E-state index contributed by atoms with van der Waals surface area (Å²) in [6.07, 6.45) is -0.718. The Hall–Kier alpha value is -2.70. The zero-order valence-corrected chi connectivity index (χ0v) is 13.9. The summed E-state index contributed by atoms with van der Waals surface area (Å²) in [7, 11) is 2.85. The molecule has 0 spiro atoms. The van der Waals surface area contributed by atoms with Crippen molar-refractivity contribution in [1.29, 1.82) is 0 Å². The van der Waals surface area contributed by atoms with E-state index in [9.17, 15) is 9.59 Å². The molecule has 1 amide bonds. The van der Waals surface area contributed by atoms with E-state index in [-0.39, 0.29) is 16.8 Å². The Kier molecular flexibility index (Phi) is 5.62. The summed E-state index contributed by atoms with van der Waals surface area (Å²) < 4.78 is 15.5. The van der Waals surface area contributed by atoms with Crippen LogP contribution >= 0.6 is 0 Å². The van der Waals surface area contributed by atoms with Gasteiger partial charge in [-0.15, -0.1) is 0 Å². The lowest BCUT2D eigenvalue weighted by atomic mass is 10.0. The van der Waals surface area contributed by atoms with Crippen LogP contribution in [-0.2, 0) is 9.53 Å². The Bertz CT molecular complexity index is 630. The number of benzene rings is 1. The monoisotopic (exact) mass is 323 g/mol. The molecule has 0 aliphatic rings. The van der Waals surface area contributed by atoms with Gasteiger partial charge in [-0.3, -0.25) is 5.32 Å². The number of ether oxygens (including phenoxy) is 3. The average molecular weight is 323 g/mol. The minimum absolute atomic E-state index is 0.195. The Labute approximate surface area is 134 Å². The smallest absolute Gasteiger partial charge is 0.412 e. The number of hydrogen-bond acceptors (Lipinski definition) is 5. The third kappa shape index (κ3) is 4.91. The lowest BCUT2D eigenvalue weighted by molar-refractivity contribution is -0.130. The van der Waals surface area contributed by atoms with Gasteiger partial charge in [-0.25, -0.2) is 9.59 Å². The van der Waals surface area contributed by atoms with E-state index in [0.29, 0.717) is 11.5 Å². The normalized spacial score (nSPS) is 10.7. The van der Waals surface area contributed by atoms with Gasteiger partial charge in [0.2, 0.25) is 0 Å². The third-order valence-electron chi connectivity index (χ3n) is 2.74. The summed E-state index contributed by atoms with van der Waals surface area (Å²) in [4.78, 5) is 23.1. The highest BCUT2D eigenvalue weighted by molar-refractivity contribution is 6.17. The number of hydrogen-bond donors (Lipinski definition) is 2. The van der Waals surface area contributed by atoms with Gasteiger partial charge in [-0.1, -0.05) is 6.58 Å². The fourth-order valence-electron chi connectivity index (χ4n) is 1.76. The second-order valence-electron chi connectivity index (χ2n) is 5.66. The molecular formula is C16H21NO6. The molecular weight excluding hydrogens is 302 g/mol. The minimum atomic E-state index is -1.22. The van der Waals surface area contributed by atoms with Crippen molar-refractivity contribution in [2.24, 2.45) is 0 Å². The van der Waals surface area contributed by atoms with Crippen molar-refractivity contribution in [3.63, 3.8) is 0 Å². The second kappa shape index (κ2) is 7.04. The first-order valence-corrected chi connectivity index (χ1v) is 6.77. The first-order chi connectivity index (χ1) is 10.6. The van der Waals surface area contributed by atoms with E-state index in [1.54, 1.807) is 20.8 Å². The van der Waals surface area contributed by atoms with Crippen molar-refractivity contribution in [2.75, 3.05) is 19.5 Å². The number of carbonyl (C=O) groups excluding carboxylic acids is 1. The first-order valence-electron chi connectivity index (χ1n) is 6.77. The van der Waals surface area contributed by atoms with Gasteiger partial charge in [0, 0.05) is 11.6 Å². The summed E-state index contributed by atoms with van der Waals surface area (Å²) in [6, 6.07) is 2.88. The van der Waals surface area contributed by atoms with Gasteiger partial charge >= 0.3 is 12.1 Å². The van der Waals surface area contributed by atoms with Crippen LogP contribution in [0.3, 0.4) is 0 Å². The average Bonchev–Trinajstić information content (AvgIpc) is 2.43. The summed E-state index contributed by atoms with van der Waals surface area (Å²) in [5, 5.41) is 11.7. The highest BCUT2D eigenvalue weighted by Crippen LogP contribution is 2.36. The van der Waals surface area contributed by atoms with Crippen molar-refractivity contribution in [1.82, 2.24) is 0 Å². The molecule has 1 rings (SSSR count). The zero-order chi connectivity index (χ0) is 17.8. The molecule has 7 heteroatoms. The highest BCUT2D eigenvalue weighted by Gasteiger charge is 2.21. The molecule has 0 radical (unpaired) electrons. The topological polar surface area (TPSA) is 94.1 Å². The van der Waals surface area contributed by atoms with Crippen LogP contribution in [0.25, 0.3) is 5.57 Å². The van der Waals surface area contributed by atoms with Gasteiger partial charge in [0.15, 0.2) is 11.5 Å². The maximum absolute atomic E-state index is 11.9. The van der Waals surface area contributed by atoms with E-state index in [2.05, 4.69) is 11.9 Å². The van der Waals surface area contributed by atoms with Crippen LogP contribution in [0.4, 0.5) is 10.5 Å². The third-order valence-corrected chi connectivity index (χ3v) is 2.74. The maximum atomic E-state index is 11.9. The van der Waals surface area contributed by atoms with E-state index in [0.717, 1.165) is 0 Å². The largest absolute Gasteiger partial charge is 0.493 e. The lowest BCUT2D eigenvalue weighted by Crippen LogP contribution is -2.27. The summed E-state index contributed by atoms with van der Waals surface area (Å²) in [5.41, 5.74) is -0.493. The molecule has 7 nitrogen and oxygen atoms in total. The Morgan fingerprint density at radius 2 is 1.65 bits per heavy atom. The van der Waals surface area contributed by atoms with Crippen LogP contribution in [0.5, 0.6) is 11.5 Å². The van der Waals surface area contributed by atoms with E-state index in [1.165, 1.54) is 26.4 Å². The first kappa shape index (κ1) is 18.3. The van der Waals surface area contributed by atoms with Crippen LogP contribution in [-0.4, -0.2) is 37.0 Å². The van der Waals surface area contributed by atoms with Gasteiger partial charge in [0.25, 0.3) is 0 Å². The number of anilines is 1. The quantitative estimate of drug-likeness (QED) is 0.808. The predicted octanol–water partition coefficient (Wildman–Crippen LogP) is 3.15. The van der Waals surface area contributed by atoms with Crippen LogP contribution in [0, 0.1) is 0 Å². The number of methoxy groups -OCH3 is 2. The molecule has 0 aliphatic carbocycles. The molecule has 1 aromatic rings. The number of amides is 1. The molecule has 2 N–H and O–H groups in total. The molecule has 0 atom stereocenters. The predicted molar refractivity (Wildman–Crippen MR) is 86.1 cm³/mol. The van der Waals surface area contributed by atoms with Crippen LogP contribution in [0.1, 0.15) is 26.3 Å². The molecule has 0 fully saturated rings. The SMILES string of the molecule is C=C(C(=O)O)c1cc(OC)c(OC)cc1NC(=O)OC(C)(C)C. The van der Waals surface area contributed by atoms with Gasteiger partial charge < -0.3 is 19.3 Å². The molecule has 0 heterocycles. The molecule has 0 saturated heterocycles. The summed E-state index contributed by atoms with van der Waals surface area (Å²) in [6.45, 7) is 8.67.